The summed E-state index contributed by atoms with van der Waals surface area (Å²) >= 11 is 0. The van der Waals surface area contributed by atoms with Crippen molar-refractivity contribution in [3.8, 4) is 0 Å². The van der Waals surface area contributed by atoms with Crippen LogP contribution in [0.4, 0.5) is 4.39 Å². The van der Waals surface area contributed by atoms with Crippen molar-refractivity contribution in [3.63, 3.8) is 0 Å². The number of nitrogens with one attached hydrogen (secondary N) is 1. The summed E-state index contributed by atoms with van der Waals surface area (Å²) in [5.74, 6) is -0.791. The molecule has 22 heavy (non-hydrogen) atoms. The van der Waals surface area contributed by atoms with E-state index in [4.69, 9.17) is 0 Å². The van der Waals surface area contributed by atoms with Gasteiger partial charge in [0.2, 0.25) is 11.8 Å². The average molecular weight is 306 g/mol. The van der Waals surface area contributed by atoms with E-state index in [1.54, 1.807) is 23.1 Å². The van der Waals surface area contributed by atoms with E-state index in [2.05, 4.69) is 12.2 Å². The molecular formula is C17H23FN2O2. The minimum atomic E-state index is -0.319. The number of benzene rings is 1. The summed E-state index contributed by atoms with van der Waals surface area (Å²) < 4.78 is 13.6. The smallest absolute Gasteiger partial charge is 0.225 e. The molecule has 2 rings (SSSR count). The highest BCUT2D eigenvalue weighted by Crippen LogP contribution is 2.21. The first-order chi connectivity index (χ1) is 10.6. The molecule has 1 aliphatic rings. The van der Waals surface area contributed by atoms with Crippen molar-refractivity contribution >= 4 is 11.8 Å². The SMILES string of the molecule is CCCCCNC(=O)C1CC(=O)N(Cc2ccccc2F)C1. The van der Waals surface area contributed by atoms with E-state index < -0.39 is 0 Å². The van der Waals surface area contributed by atoms with Crippen molar-refractivity contribution in [2.24, 2.45) is 5.92 Å². The molecule has 1 unspecified atom stereocenters. The third-order valence-corrected chi connectivity index (χ3v) is 3.98. The van der Waals surface area contributed by atoms with E-state index >= 15 is 0 Å². The second kappa shape index (κ2) is 7.92. The standard InChI is InChI=1S/C17H23FN2O2/c1-2-3-6-9-19-17(22)14-10-16(21)20(12-14)11-13-7-4-5-8-15(13)18/h4-5,7-8,14H,2-3,6,9-12H2,1H3,(H,19,22). The van der Waals surface area contributed by atoms with Gasteiger partial charge in [-0.3, -0.25) is 9.59 Å². The van der Waals surface area contributed by atoms with Crippen LogP contribution in [0.5, 0.6) is 0 Å². The lowest BCUT2D eigenvalue weighted by atomic mass is 10.1. The minimum Gasteiger partial charge on any atom is -0.356 e. The van der Waals surface area contributed by atoms with Crippen LogP contribution >= 0.6 is 0 Å². The summed E-state index contributed by atoms with van der Waals surface area (Å²) in [6.45, 7) is 3.36. The number of likely N-dealkylation sites (tertiary alicyclic amines) is 1. The van der Waals surface area contributed by atoms with Crippen molar-refractivity contribution in [1.82, 2.24) is 10.2 Å². The third kappa shape index (κ3) is 4.29. The third-order valence-electron chi connectivity index (χ3n) is 3.98. The number of halogens is 1. The van der Waals surface area contributed by atoms with Gasteiger partial charge >= 0.3 is 0 Å². The molecule has 1 heterocycles. The molecule has 0 aliphatic carbocycles. The number of rotatable bonds is 7. The fraction of sp³-hybridized carbons (Fsp3) is 0.529. The van der Waals surface area contributed by atoms with Crippen LogP contribution in [0.1, 0.15) is 38.2 Å². The molecule has 1 aromatic carbocycles. The first-order valence-corrected chi connectivity index (χ1v) is 7.90. The largest absolute Gasteiger partial charge is 0.356 e. The molecule has 1 aromatic rings. The number of amides is 2. The van der Waals surface area contributed by atoms with Crippen LogP contribution < -0.4 is 5.32 Å². The lowest BCUT2D eigenvalue weighted by molar-refractivity contribution is -0.129. The summed E-state index contributed by atoms with van der Waals surface area (Å²) in [4.78, 5) is 25.6. The monoisotopic (exact) mass is 306 g/mol. The molecule has 2 amide bonds. The van der Waals surface area contributed by atoms with E-state index in [0.717, 1.165) is 19.3 Å². The van der Waals surface area contributed by atoms with Gasteiger partial charge in [0.05, 0.1) is 5.92 Å². The van der Waals surface area contributed by atoms with E-state index in [-0.39, 0.29) is 36.5 Å². The molecule has 0 bridgehead atoms. The molecule has 0 radical (unpaired) electrons. The van der Waals surface area contributed by atoms with Gasteiger partial charge in [0, 0.05) is 31.6 Å². The maximum Gasteiger partial charge on any atom is 0.225 e. The second-order valence-corrected chi connectivity index (χ2v) is 5.76. The Morgan fingerprint density at radius 3 is 2.86 bits per heavy atom. The summed E-state index contributed by atoms with van der Waals surface area (Å²) in [7, 11) is 0. The maximum absolute atomic E-state index is 13.6. The van der Waals surface area contributed by atoms with Crippen LogP contribution in [0.15, 0.2) is 24.3 Å². The zero-order chi connectivity index (χ0) is 15.9. The first kappa shape index (κ1) is 16.5. The molecule has 0 aromatic heterocycles. The summed E-state index contributed by atoms with van der Waals surface area (Å²) in [6.07, 6.45) is 3.37. The van der Waals surface area contributed by atoms with E-state index in [0.29, 0.717) is 18.7 Å². The van der Waals surface area contributed by atoms with Crippen molar-refractivity contribution in [2.75, 3.05) is 13.1 Å². The highest BCUT2D eigenvalue weighted by atomic mass is 19.1. The van der Waals surface area contributed by atoms with Crippen LogP contribution in [0.3, 0.4) is 0 Å². The van der Waals surface area contributed by atoms with Crippen molar-refractivity contribution in [1.29, 1.82) is 0 Å². The summed E-state index contributed by atoms with van der Waals surface area (Å²) in [5, 5.41) is 2.88. The van der Waals surface area contributed by atoms with Gasteiger partial charge in [-0.2, -0.15) is 0 Å². The van der Waals surface area contributed by atoms with Gasteiger partial charge in [-0.1, -0.05) is 38.0 Å². The molecule has 1 aliphatic heterocycles. The van der Waals surface area contributed by atoms with Gasteiger partial charge in [0.15, 0.2) is 0 Å². The Hall–Kier alpha value is -1.91. The van der Waals surface area contributed by atoms with Gasteiger partial charge in [0.25, 0.3) is 0 Å². The zero-order valence-corrected chi connectivity index (χ0v) is 13.0. The lowest BCUT2D eigenvalue weighted by Gasteiger charge is -2.17. The predicted octanol–water partition coefficient (Wildman–Crippen LogP) is 2.48. The zero-order valence-electron chi connectivity index (χ0n) is 13.0. The van der Waals surface area contributed by atoms with Gasteiger partial charge in [0.1, 0.15) is 5.82 Å². The highest BCUT2D eigenvalue weighted by molar-refractivity contribution is 5.89. The molecule has 4 nitrogen and oxygen atoms in total. The number of carbonyl (C=O) groups excluding carboxylic acids is 2. The van der Waals surface area contributed by atoms with Gasteiger partial charge in [-0.05, 0) is 12.5 Å². The number of hydrogen-bond donors (Lipinski definition) is 1. The first-order valence-electron chi connectivity index (χ1n) is 7.90. The Morgan fingerprint density at radius 1 is 1.36 bits per heavy atom. The second-order valence-electron chi connectivity index (χ2n) is 5.76. The Kier molecular flexibility index (Phi) is 5.92. The number of nitrogens with zero attached hydrogens (tertiary/aromatic N) is 1. The maximum atomic E-state index is 13.6. The molecule has 0 saturated carbocycles. The van der Waals surface area contributed by atoms with Crippen molar-refractivity contribution in [2.45, 2.75) is 39.2 Å². The van der Waals surface area contributed by atoms with Gasteiger partial charge in [-0.15, -0.1) is 0 Å². The molecule has 1 N–H and O–H groups in total. The minimum absolute atomic E-state index is 0.0690. The molecular weight excluding hydrogens is 283 g/mol. The van der Waals surface area contributed by atoms with Gasteiger partial charge < -0.3 is 10.2 Å². The highest BCUT2D eigenvalue weighted by Gasteiger charge is 2.34. The van der Waals surface area contributed by atoms with Gasteiger partial charge in [-0.25, -0.2) is 4.39 Å². The Labute approximate surface area is 130 Å². The topological polar surface area (TPSA) is 49.4 Å². The normalized spacial score (nSPS) is 17.8. The molecule has 120 valence electrons. The van der Waals surface area contributed by atoms with Crippen LogP contribution in [0, 0.1) is 11.7 Å². The molecule has 5 heteroatoms. The van der Waals surface area contributed by atoms with Crippen LogP contribution in [0.2, 0.25) is 0 Å². The average Bonchev–Trinajstić information content (AvgIpc) is 2.87. The van der Waals surface area contributed by atoms with Crippen molar-refractivity contribution < 1.29 is 14.0 Å². The molecule has 1 atom stereocenters. The van der Waals surface area contributed by atoms with E-state index in [1.165, 1.54) is 6.07 Å². The van der Waals surface area contributed by atoms with E-state index in [1.807, 2.05) is 0 Å². The lowest BCUT2D eigenvalue weighted by Crippen LogP contribution is -2.33. The quantitative estimate of drug-likeness (QED) is 0.787. The molecule has 1 fully saturated rings. The molecule has 0 spiro atoms. The number of carbonyl (C=O) groups is 2. The van der Waals surface area contributed by atoms with Crippen LogP contribution in [0.25, 0.3) is 0 Å². The van der Waals surface area contributed by atoms with Crippen LogP contribution in [-0.2, 0) is 16.1 Å². The Morgan fingerprint density at radius 2 is 2.14 bits per heavy atom. The molecule has 1 saturated heterocycles. The van der Waals surface area contributed by atoms with Crippen LogP contribution in [-0.4, -0.2) is 29.8 Å². The van der Waals surface area contributed by atoms with Crippen molar-refractivity contribution in [3.05, 3.63) is 35.6 Å². The Balaban J connectivity index is 1.85. The number of hydrogen-bond acceptors (Lipinski definition) is 2. The fourth-order valence-electron chi connectivity index (χ4n) is 2.66. The number of unbranched alkanes of at least 4 members (excludes halogenated alkanes) is 2. The van der Waals surface area contributed by atoms with E-state index in [9.17, 15) is 14.0 Å². The fourth-order valence-corrected chi connectivity index (χ4v) is 2.66. The summed E-state index contributed by atoms with van der Waals surface area (Å²) in [6, 6.07) is 6.42. The summed E-state index contributed by atoms with van der Waals surface area (Å²) in [5.41, 5.74) is 0.486. The Bertz CT molecular complexity index is 533. The predicted molar refractivity (Wildman–Crippen MR) is 82.5 cm³/mol.